The summed E-state index contributed by atoms with van der Waals surface area (Å²) in [6.45, 7) is 8.35. The summed E-state index contributed by atoms with van der Waals surface area (Å²) >= 11 is 0. The lowest BCUT2D eigenvalue weighted by Crippen LogP contribution is -2.36. The highest BCUT2D eigenvalue weighted by molar-refractivity contribution is 6.05. The molecule has 22 heavy (non-hydrogen) atoms. The second kappa shape index (κ2) is 8.44. The van der Waals surface area contributed by atoms with Gasteiger partial charge in [0.2, 0.25) is 5.91 Å². The molecule has 0 aromatic rings. The number of hydrogen-bond donors (Lipinski definition) is 1. The topological polar surface area (TPSA) is 58.5 Å². The van der Waals surface area contributed by atoms with Gasteiger partial charge in [0.25, 0.3) is 0 Å². The quantitative estimate of drug-likeness (QED) is 0.577. The lowest BCUT2D eigenvalue weighted by Gasteiger charge is -2.33. The van der Waals surface area contributed by atoms with Gasteiger partial charge < -0.3 is 5.32 Å². The molecule has 4 nitrogen and oxygen atoms in total. The molecule has 1 N–H and O–H groups in total. The molecule has 0 spiro atoms. The number of likely N-dealkylation sites (N-methyl/N-ethyl adjacent to an activating group) is 1. The van der Waals surface area contributed by atoms with E-state index in [4.69, 9.17) is 0 Å². The number of nitrogens with one attached hydrogen (secondary N) is 1. The maximum Gasteiger partial charge on any atom is 0.244 e. The molecular weight excluding hydrogens is 276 g/mol. The minimum Gasteiger partial charge on any atom is -0.357 e. The summed E-state index contributed by atoms with van der Waals surface area (Å²) in [5.41, 5.74) is 0.945. The third-order valence-corrected chi connectivity index (χ3v) is 4.65. The van der Waals surface area contributed by atoms with Crippen LogP contribution in [-0.4, -0.2) is 30.5 Å². The van der Waals surface area contributed by atoms with Crippen molar-refractivity contribution in [2.75, 3.05) is 7.05 Å². The van der Waals surface area contributed by atoms with Crippen molar-refractivity contribution in [3.63, 3.8) is 0 Å². The van der Waals surface area contributed by atoms with E-state index in [9.17, 15) is 9.59 Å². The number of hydrogen-bond acceptors (Lipinski definition) is 3. The SMILES string of the molecule is CCCCCC(N=C(C)C1CCC(C)(C)CC1=O)C(=O)NC. The molecule has 1 amide bonds. The van der Waals surface area contributed by atoms with E-state index in [0.29, 0.717) is 6.42 Å². The molecule has 1 aliphatic rings. The molecule has 0 bridgehead atoms. The number of rotatable bonds is 7. The molecule has 126 valence electrons. The summed E-state index contributed by atoms with van der Waals surface area (Å²) in [6.07, 6.45) is 6.50. The van der Waals surface area contributed by atoms with Crippen molar-refractivity contribution >= 4 is 17.4 Å². The number of nitrogens with zero attached hydrogens (tertiary/aromatic N) is 1. The van der Waals surface area contributed by atoms with Crippen LogP contribution in [0.5, 0.6) is 0 Å². The van der Waals surface area contributed by atoms with Crippen LogP contribution in [0.2, 0.25) is 0 Å². The van der Waals surface area contributed by atoms with Crippen molar-refractivity contribution in [1.29, 1.82) is 0 Å². The third-order valence-electron chi connectivity index (χ3n) is 4.65. The normalized spacial score (nSPS) is 23.2. The fourth-order valence-corrected chi connectivity index (χ4v) is 3.17. The van der Waals surface area contributed by atoms with Crippen LogP contribution >= 0.6 is 0 Å². The number of aliphatic imine (C=N–C) groups is 1. The summed E-state index contributed by atoms with van der Waals surface area (Å²) in [5, 5.41) is 2.69. The summed E-state index contributed by atoms with van der Waals surface area (Å²) in [6, 6.07) is -0.348. The monoisotopic (exact) mass is 308 g/mol. The Kier molecular flexibility index (Phi) is 7.24. The summed E-state index contributed by atoms with van der Waals surface area (Å²) in [5.74, 6) is 0.145. The number of carbonyl (C=O) groups excluding carboxylic acids is 2. The third kappa shape index (κ3) is 5.54. The van der Waals surface area contributed by atoms with E-state index in [0.717, 1.165) is 44.2 Å². The molecule has 0 saturated heterocycles. The fraction of sp³-hybridized carbons (Fsp3) is 0.833. The van der Waals surface area contributed by atoms with Crippen molar-refractivity contribution in [2.45, 2.75) is 78.7 Å². The van der Waals surface area contributed by atoms with Crippen molar-refractivity contribution in [1.82, 2.24) is 5.32 Å². The second-order valence-corrected chi connectivity index (χ2v) is 7.29. The molecule has 0 radical (unpaired) electrons. The number of ketones is 1. The highest BCUT2D eigenvalue weighted by Crippen LogP contribution is 2.36. The van der Waals surface area contributed by atoms with Gasteiger partial charge in [0, 0.05) is 19.2 Å². The van der Waals surface area contributed by atoms with Gasteiger partial charge >= 0.3 is 0 Å². The molecule has 0 aromatic carbocycles. The van der Waals surface area contributed by atoms with Gasteiger partial charge in [-0.3, -0.25) is 14.6 Å². The van der Waals surface area contributed by atoms with Gasteiger partial charge in [0.1, 0.15) is 11.8 Å². The molecule has 0 aromatic heterocycles. The first-order valence-corrected chi connectivity index (χ1v) is 8.59. The first-order chi connectivity index (χ1) is 10.3. The van der Waals surface area contributed by atoms with E-state index in [1.807, 2.05) is 6.92 Å². The van der Waals surface area contributed by atoms with Crippen LogP contribution in [0.4, 0.5) is 0 Å². The number of carbonyl (C=O) groups is 2. The van der Waals surface area contributed by atoms with Crippen LogP contribution in [-0.2, 0) is 9.59 Å². The molecule has 1 fully saturated rings. The van der Waals surface area contributed by atoms with E-state index in [1.54, 1.807) is 7.05 Å². The van der Waals surface area contributed by atoms with Crippen LogP contribution in [0.15, 0.2) is 4.99 Å². The Labute approximate surface area is 135 Å². The molecular formula is C18H32N2O2. The maximum atomic E-state index is 12.4. The zero-order valence-corrected chi connectivity index (χ0v) is 14.9. The second-order valence-electron chi connectivity index (χ2n) is 7.29. The first kappa shape index (κ1) is 18.9. The van der Waals surface area contributed by atoms with Gasteiger partial charge in [-0.05, 0) is 31.6 Å². The molecule has 1 saturated carbocycles. The Morgan fingerprint density at radius 3 is 2.64 bits per heavy atom. The van der Waals surface area contributed by atoms with Crippen LogP contribution in [0.3, 0.4) is 0 Å². The number of unbranched alkanes of at least 4 members (excludes halogenated alkanes) is 2. The molecule has 0 aliphatic heterocycles. The average molecular weight is 308 g/mol. The zero-order chi connectivity index (χ0) is 16.8. The molecule has 4 heteroatoms. The lowest BCUT2D eigenvalue weighted by atomic mass is 9.71. The predicted octanol–water partition coefficient (Wildman–Crippen LogP) is 3.54. The fourth-order valence-electron chi connectivity index (χ4n) is 3.17. The van der Waals surface area contributed by atoms with Crippen LogP contribution < -0.4 is 5.32 Å². The van der Waals surface area contributed by atoms with Crippen molar-refractivity contribution in [3.8, 4) is 0 Å². The minimum atomic E-state index is -0.348. The maximum absolute atomic E-state index is 12.4. The van der Waals surface area contributed by atoms with E-state index in [2.05, 4.69) is 31.1 Å². The summed E-state index contributed by atoms with van der Waals surface area (Å²) < 4.78 is 0. The number of Topliss-reactive ketones (excluding diaryl/α,β-unsaturated/α-hetero) is 1. The van der Waals surface area contributed by atoms with Crippen LogP contribution in [0, 0.1) is 11.3 Å². The van der Waals surface area contributed by atoms with E-state index in [-0.39, 0.29) is 29.1 Å². The summed E-state index contributed by atoms with van der Waals surface area (Å²) in [7, 11) is 1.65. The lowest BCUT2D eigenvalue weighted by molar-refractivity contribution is -0.125. The molecule has 2 atom stereocenters. The highest BCUT2D eigenvalue weighted by atomic mass is 16.2. The molecule has 1 aliphatic carbocycles. The van der Waals surface area contributed by atoms with Crippen LogP contribution in [0.25, 0.3) is 0 Å². The number of amides is 1. The average Bonchev–Trinajstić information content (AvgIpc) is 2.44. The Balaban J connectivity index is 2.77. The van der Waals surface area contributed by atoms with Crippen molar-refractivity contribution < 1.29 is 9.59 Å². The first-order valence-electron chi connectivity index (χ1n) is 8.59. The molecule has 1 rings (SSSR count). The van der Waals surface area contributed by atoms with Gasteiger partial charge in [-0.1, -0.05) is 40.0 Å². The van der Waals surface area contributed by atoms with Gasteiger partial charge in [-0.25, -0.2) is 0 Å². The molecule has 0 heterocycles. The standard InChI is InChI=1S/C18H32N2O2/c1-6-7-8-9-15(17(22)19-5)20-13(2)14-10-11-18(3,4)12-16(14)21/h14-15H,6-12H2,1-5H3,(H,19,22). The summed E-state index contributed by atoms with van der Waals surface area (Å²) in [4.78, 5) is 29.0. The van der Waals surface area contributed by atoms with Crippen LogP contribution in [0.1, 0.15) is 72.6 Å². The van der Waals surface area contributed by atoms with Gasteiger partial charge in [0.05, 0.1) is 5.92 Å². The Bertz CT molecular complexity index is 427. The van der Waals surface area contributed by atoms with Crippen molar-refractivity contribution in [2.24, 2.45) is 16.3 Å². The van der Waals surface area contributed by atoms with Crippen molar-refractivity contribution in [3.05, 3.63) is 0 Å². The smallest absolute Gasteiger partial charge is 0.244 e. The Hall–Kier alpha value is -1.19. The van der Waals surface area contributed by atoms with E-state index >= 15 is 0 Å². The highest BCUT2D eigenvalue weighted by Gasteiger charge is 2.35. The zero-order valence-electron chi connectivity index (χ0n) is 14.9. The van der Waals surface area contributed by atoms with E-state index < -0.39 is 0 Å². The molecule has 2 unspecified atom stereocenters. The predicted molar refractivity (Wildman–Crippen MR) is 91.2 cm³/mol. The Morgan fingerprint density at radius 2 is 2.09 bits per heavy atom. The minimum absolute atomic E-state index is 0.0426. The van der Waals surface area contributed by atoms with E-state index in [1.165, 1.54) is 0 Å². The largest absolute Gasteiger partial charge is 0.357 e. The van der Waals surface area contributed by atoms with Gasteiger partial charge in [0.15, 0.2) is 0 Å². The van der Waals surface area contributed by atoms with Gasteiger partial charge in [-0.2, -0.15) is 0 Å². The van der Waals surface area contributed by atoms with Gasteiger partial charge in [-0.15, -0.1) is 0 Å². The Morgan fingerprint density at radius 1 is 1.41 bits per heavy atom.